The highest BCUT2D eigenvalue weighted by Gasteiger charge is 2.44. The summed E-state index contributed by atoms with van der Waals surface area (Å²) in [6.45, 7) is 7.97. The van der Waals surface area contributed by atoms with Crippen molar-refractivity contribution in [1.82, 2.24) is 10.3 Å². The number of hydrogen-bond acceptors (Lipinski definition) is 3. The van der Waals surface area contributed by atoms with Gasteiger partial charge in [0.15, 0.2) is 0 Å². The lowest BCUT2D eigenvalue weighted by molar-refractivity contribution is -0.125. The van der Waals surface area contributed by atoms with Crippen molar-refractivity contribution < 1.29 is 4.79 Å². The zero-order valence-electron chi connectivity index (χ0n) is 15.8. The summed E-state index contributed by atoms with van der Waals surface area (Å²) < 4.78 is 0. The van der Waals surface area contributed by atoms with Gasteiger partial charge in [-0.25, -0.2) is 0 Å². The quantitative estimate of drug-likeness (QED) is 0.918. The van der Waals surface area contributed by atoms with Crippen LogP contribution in [0.4, 0.5) is 5.69 Å². The van der Waals surface area contributed by atoms with Crippen LogP contribution in [0, 0.1) is 12.8 Å². The molecular formula is C22H27N3O. The molecule has 2 heterocycles. The van der Waals surface area contributed by atoms with Crippen molar-refractivity contribution in [3.8, 4) is 0 Å². The molecule has 0 saturated heterocycles. The highest BCUT2D eigenvalue weighted by molar-refractivity contribution is 5.98. The summed E-state index contributed by atoms with van der Waals surface area (Å²) in [6.07, 6.45) is 1.86. The molecule has 0 spiro atoms. The lowest BCUT2D eigenvalue weighted by Gasteiger charge is -2.37. The number of carbonyl (C=O) groups excluding carboxylic acids is 1. The molecule has 0 atom stereocenters. The fourth-order valence-corrected chi connectivity index (χ4v) is 4.08. The van der Waals surface area contributed by atoms with E-state index in [-0.39, 0.29) is 17.2 Å². The Hall–Kier alpha value is -2.20. The van der Waals surface area contributed by atoms with Gasteiger partial charge >= 0.3 is 0 Å². The van der Waals surface area contributed by atoms with Gasteiger partial charge in [0.25, 0.3) is 0 Å². The summed E-state index contributed by atoms with van der Waals surface area (Å²) >= 11 is 0. The number of nitrogens with one attached hydrogen (secondary N) is 1. The minimum atomic E-state index is -0.0777. The number of benzene rings is 1. The topological polar surface area (TPSA) is 45.2 Å². The number of amides is 1. The minimum absolute atomic E-state index is 0.0777. The Morgan fingerprint density at radius 2 is 1.92 bits per heavy atom. The number of nitrogens with zero attached hydrogens (tertiary/aromatic N) is 2. The summed E-state index contributed by atoms with van der Waals surface area (Å²) in [5.74, 6) is 0.395. The highest BCUT2D eigenvalue weighted by atomic mass is 16.2. The molecular weight excluding hydrogens is 322 g/mol. The Kier molecular flexibility index (Phi) is 4.31. The first-order chi connectivity index (χ1) is 12.4. The second kappa shape index (κ2) is 6.51. The Morgan fingerprint density at radius 1 is 1.19 bits per heavy atom. The third kappa shape index (κ3) is 3.14. The van der Waals surface area contributed by atoms with Gasteiger partial charge in [0.2, 0.25) is 5.91 Å². The van der Waals surface area contributed by atoms with E-state index in [1.807, 2.05) is 24.0 Å². The fraction of sp³-hybridized carbons (Fsp3) is 0.455. The average molecular weight is 349 g/mol. The maximum atomic E-state index is 13.1. The molecule has 2 aliphatic rings. The predicted molar refractivity (Wildman–Crippen MR) is 104 cm³/mol. The van der Waals surface area contributed by atoms with Gasteiger partial charge in [0, 0.05) is 36.2 Å². The second-order valence-electron chi connectivity index (χ2n) is 8.36. The molecule has 1 saturated carbocycles. The van der Waals surface area contributed by atoms with E-state index in [4.69, 9.17) is 4.98 Å². The van der Waals surface area contributed by atoms with Crippen LogP contribution in [-0.2, 0) is 16.8 Å². The Labute approximate surface area is 155 Å². The van der Waals surface area contributed by atoms with E-state index in [9.17, 15) is 4.79 Å². The smallest absolute Gasteiger partial charge is 0.230 e. The van der Waals surface area contributed by atoms with Gasteiger partial charge < -0.3 is 10.2 Å². The molecule has 1 N–H and O–H groups in total. The van der Waals surface area contributed by atoms with Crippen molar-refractivity contribution in [2.24, 2.45) is 5.92 Å². The molecule has 1 aromatic carbocycles. The average Bonchev–Trinajstić information content (AvgIpc) is 2.85. The van der Waals surface area contributed by atoms with Crippen molar-refractivity contribution in [1.29, 1.82) is 0 Å². The summed E-state index contributed by atoms with van der Waals surface area (Å²) in [5, 5.41) is 3.57. The van der Waals surface area contributed by atoms with Gasteiger partial charge in [0.05, 0.1) is 11.4 Å². The van der Waals surface area contributed by atoms with E-state index in [1.54, 1.807) is 0 Å². The van der Waals surface area contributed by atoms with E-state index in [2.05, 4.69) is 49.5 Å². The zero-order valence-corrected chi connectivity index (χ0v) is 15.8. The maximum Gasteiger partial charge on any atom is 0.230 e. The van der Waals surface area contributed by atoms with Crippen LogP contribution in [0.2, 0.25) is 0 Å². The fourth-order valence-electron chi connectivity index (χ4n) is 4.08. The maximum absolute atomic E-state index is 13.1. The molecule has 1 fully saturated rings. The number of carbonyl (C=O) groups is 1. The number of fused-ring (bicyclic) bond motifs is 1. The molecule has 2 aromatic rings. The van der Waals surface area contributed by atoms with Crippen molar-refractivity contribution in [3.05, 3.63) is 59.4 Å². The van der Waals surface area contributed by atoms with Crippen LogP contribution in [0.15, 0.2) is 42.5 Å². The number of pyridine rings is 1. The van der Waals surface area contributed by atoms with Gasteiger partial charge in [0.1, 0.15) is 0 Å². The molecule has 1 aliphatic carbocycles. The van der Waals surface area contributed by atoms with Crippen LogP contribution in [0.25, 0.3) is 0 Å². The monoisotopic (exact) mass is 349 g/mol. The number of rotatable bonds is 4. The molecule has 26 heavy (non-hydrogen) atoms. The molecule has 1 aliphatic heterocycles. The van der Waals surface area contributed by atoms with Gasteiger partial charge in [-0.3, -0.25) is 9.78 Å². The molecule has 136 valence electrons. The molecule has 0 bridgehead atoms. The molecule has 4 nitrogen and oxygen atoms in total. The molecule has 1 aromatic heterocycles. The van der Waals surface area contributed by atoms with Crippen molar-refractivity contribution >= 4 is 11.6 Å². The summed E-state index contributed by atoms with van der Waals surface area (Å²) in [7, 11) is 0. The van der Waals surface area contributed by atoms with Crippen LogP contribution in [0.3, 0.4) is 0 Å². The molecule has 4 rings (SSSR count). The Balaban J connectivity index is 1.37. The first kappa shape index (κ1) is 17.2. The summed E-state index contributed by atoms with van der Waals surface area (Å²) in [4.78, 5) is 19.7. The predicted octanol–water partition coefficient (Wildman–Crippen LogP) is 3.58. The van der Waals surface area contributed by atoms with Crippen LogP contribution in [0.1, 0.15) is 43.6 Å². The van der Waals surface area contributed by atoms with E-state index in [0.717, 1.165) is 43.0 Å². The first-order valence-corrected chi connectivity index (χ1v) is 9.51. The second-order valence-corrected chi connectivity index (χ2v) is 8.36. The molecule has 0 radical (unpaired) electrons. The van der Waals surface area contributed by atoms with Gasteiger partial charge in [-0.15, -0.1) is 0 Å². The largest absolute Gasteiger partial charge is 0.310 e. The normalized spacial score (nSPS) is 23.4. The van der Waals surface area contributed by atoms with E-state index < -0.39 is 0 Å². The van der Waals surface area contributed by atoms with Gasteiger partial charge in [-0.1, -0.05) is 44.2 Å². The number of aromatic nitrogens is 1. The van der Waals surface area contributed by atoms with Gasteiger partial charge in [-0.2, -0.15) is 0 Å². The Bertz CT molecular complexity index is 809. The van der Waals surface area contributed by atoms with Crippen LogP contribution >= 0.6 is 0 Å². The molecule has 0 unspecified atom stereocenters. The summed E-state index contributed by atoms with van der Waals surface area (Å²) in [6, 6.07) is 14.9. The SMILES string of the molecule is Cc1ccc2c(n1)C(C)(C)CN2C(=O)[C@H]1C[C@H](NCc2ccccc2)C1. The third-order valence-corrected chi connectivity index (χ3v) is 5.69. The number of hydrogen-bond donors (Lipinski definition) is 1. The lowest BCUT2D eigenvalue weighted by atomic mass is 9.79. The van der Waals surface area contributed by atoms with Crippen molar-refractivity contribution in [2.45, 2.75) is 51.6 Å². The van der Waals surface area contributed by atoms with Crippen molar-refractivity contribution in [3.63, 3.8) is 0 Å². The number of anilines is 1. The number of aryl methyl sites for hydroxylation is 1. The van der Waals surface area contributed by atoms with Crippen molar-refractivity contribution in [2.75, 3.05) is 11.4 Å². The van der Waals surface area contributed by atoms with E-state index >= 15 is 0 Å². The van der Waals surface area contributed by atoms with Crippen LogP contribution in [0.5, 0.6) is 0 Å². The van der Waals surface area contributed by atoms with Gasteiger partial charge in [-0.05, 0) is 37.5 Å². The lowest BCUT2D eigenvalue weighted by Crippen LogP contribution is -2.49. The highest BCUT2D eigenvalue weighted by Crippen LogP contribution is 2.41. The minimum Gasteiger partial charge on any atom is -0.310 e. The molecule has 4 heteroatoms. The zero-order chi connectivity index (χ0) is 18.3. The first-order valence-electron chi connectivity index (χ1n) is 9.51. The summed E-state index contributed by atoms with van der Waals surface area (Å²) in [5.41, 5.74) is 4.29. The van der Waals surface area contributed by atoms with E-state index in [1.165, 1.54) is 5.56 Å². The van der Waals surface area contributed by atoms with Crippen LogP contribution in [-0.4, -0.2) is 23.5 Å². The standard InChI is InChI=1S/C22H27N3O/c1-15-9-10-19-20(24-15)22(2,3)14-25(19)21(26)17-11-18(12-17)23-13-16-7-5-4-6-8-16/h4-10,17-18,23H,11-14H2,1-3H3/t17-,18-. The van der Waals surface area contributed by atoms with Crippen LogP contribution < -0.4 is 10.2 Å². The molecule has 1 amide bonds. The Morgan fingerprint density at radius 3 is 2.65 bits per heavy atom. The third-order valence-electron chi connectivity index (χ3n) is 5.69. The van der Waals surface area contributed by atoms with E-state index in [0.29, 0.717) is 6.04 Å².